The van der Waals surface area contributed by atoms with E-state index in [1.54, 1.807) is 10.9 Å². The molecule has 0 unspecified atom stereocenters. The van der Waals surface area contributed by atoms with Gasteiger partial charge in [0.05, 0.1) is 18.4 Å². The van der Waals surface area contributed by atoms with Crippen molar-refractivity contribution in [2.24, 2.45) is 0 Å². The van der Waals surface area contributed by atoms with E-state index in [4.69, 9.17) is 0 Å². The summed E-state index contributed by atoms with van der Waals surface area (Å²) in [4.78, 5) is 13.4. The molecule has 2 heterocycles. The molecule has 0 saturated carbocycles. The van der Waals surface area contributed by atoms with E-state index >= 15 is 0 Å². The number of nitrogens with one attached hydrogen (secondary N) is 2. The molecule has 9 heteroatoms. The van der Waals surface area contributed by atoms with Gasteiger partial charge in [-0.05, 0) is 31.0 Å². The van der Waals surface area contributed by atoms with Crippen molar-refractivity contribution in [2.45, 2.75) is 33.0 Å². The molecule has 0 aliphatic heterocycles. The summed E-state index contributed by atoms with van der Waals surface area (Å²) in [6, 6.07) is 5.11. The van der Waals surface area contributed by atoms with E-state index in [2.05, 4.69) is 32.5 Å². The highest BCUT2D eigenvalue weighted by Crippen LogP contribution is 2.29. The lowest BCUT2D eigenvalue weighted by Gasteiger charge is -2.10. The van der Waals surface area contributed by atoms with Crippen LogP contribution >= 0.6 is 0 Å². The fourth-order valence-corrected chi connectivity index (χ4v) is 2.66. The molecule has 0 saturated heterocycles. The first-order chi connectivity index (χ1) is 12.9. The van der Waals surface area contributed by atoms with Crippen LogP contribution in [0.2, 0.25) is 0 Å². The standard InChI is InChI=1S/C18H21F3N6/c1-3-9-23-15-14-16(26-17(25-15)22-4-2)27(11-24-14)10-12-5-7-13(8-6-12)18(19,20)21/h5-8,11H,3-4,9-10H2,1-2H3,(H2,22,23,25,26). The van der Waals surface area contributed by atoms with E-state index in [9.17, 15) is 13.2 Å². The summed E-state index contributed by atoms with van der Waals surface area (Å²) in [6.45, 7) is 5.80. The normalized spacial score (nSPS) is 11.7. The van der Waals surface area contributed by atoms with E-state index in [1.165, 1.54) is 12.1 Å². The third-order valence-corrected chi connectivity index (χ3v) is 3.98. The van der Waals surface area contributed by atoms with Gasteiger partial charge in [-0.2, -0.15) is 23.1 Å². The van der Waals surface area contributed by atoms with Crippen LogP contribution in [0.3, 0.4) is 0 Å². The average molecular weight is 378 g/mol. The van der Waals surface area contributed by atoms with Gasteiger partial charge in [0, 0.05) is 13.1 Å². The highest BCUT2D eigenvalue weighted by molar-refractivity contribution is 5.84. The predicted octanol–water partition coefficient (Wildman–Crippen LogP) is 4.15. The number of hydrogen-bond donors (Lipinski definition) is 2. The third kappa shape index (κ3) is 4.29. The summed E-state index contributed by atoms with van der Waals surface area (Å²) in [5.41, 5.74) is 1.33. The maximum atomic E-state index is 12.7. The highest BCUT2D eigenvalue weighted by Gasteiger charge is 2.29. The molecule has 2 aromatic heterocycles. The summed E-state index contributed by atoms with van der Waals surface area (Å²) in [5, 5.41) is 6.34. The summed E-state index contributed by atoms with van der Waals surface area (Å²) >= 11 is 0. The molecule has 6 nitrogen and oxygen atoms in total. The van der Waals surface area contributed by atoms with Crippen LogP contribution in [0.1, 0.15) is 31.4 Å². The maximum Gasteiger partial charge on any atom is 0.416 e. The quantitative estimate of drug-likeness (QED) is 0.647. The number of hydrogen-bond acceptors (Lipinski definition) is 5. The van der Waals surface area contributed by atoms with Crippen molar-refractivity contribution in [3.63, 3.8) is 0 Å². The Hall–Kier alpha value is -2.84. The molecular formula is C18H21F3N6. The lowest BCUT2D eigenvalue weighted by atomic mass is 10.1. The fraction of sp³-hybridized carbons (Fsp3) is 0.389. The van der Waals surface area contributed by atoms with Crippen LogP contribution < -0.4 is 10.6 Å². The van der Waals surface area contributed by atoms with Crippen LogP contribution in [-0.2, 0) is 12.7 Å². The Morgan fingerprint density at radius 2 is 1.78 bits per heavy atom. The van der Waals surface area contributed by atoms with E-state index in [1.807, 2.05) is 6.92 Å². The van der Waals surface area contributed by atoms with Gasteiger partial charge in [-0.15, -0.1) is 0 Å². The lowest BCUT2D eigenvalue weighted by Crippen LogP contribution is -2.09. The summed E-state index contributed by atoms with van der Waals surface area (Å²) in [7, 11) is 0. The first-order valence-corrected chi connectivity index (χ1v) is 8.79. The Kier molecular flexibility index (Phi) is 5.48. The number of fused-ring (bicyclic) bond motifs is 1. The Morgan fingerprint density at radius 3 is 2.41 bits per heavy atom. The molecule has 0 bridgehead atoms. The number of nitrogens with zero attached hydrogens (tertiary/aromatic N) is 4. The van der Waals surface area contributed by atoms with Crippen LogP contribution in [0.15, 0.2) is 30.6 Å². The minimum Gasteiger partial charge on any atom is -0.368 e. The molecular weight excluding hydrogens is 357 g/mol. The van der Waals surface area contributed by atoms with Gasteiger partial charge in [0.15, 0.2) is 17.0 Å². The molecule has 0 fully saturated rings. The molecule has 2 N–H and O–H groups in total. The summed E-state index contributed by atoms with van der Waals surface area (Å²) in [5.74, 6) is 1.13. The van der Waals surface area contributed by atoms with Crippen LogP contribution in [0.4, 0.5) is 24.9 Å². The first-order valence-electron chi connectivity index (χ1n) is 8.79. The molecule has 3 rings (SSSR count). The molecule has 27 heavy (non-hydrogen) atoms. The molecule has 3 aromatic rings. The SMILES string of the molecule is CCCNc1nc(NCC)nc2c1ncn2Cc1ccc(C(F)(F)F)cc1. The third-order valence-electron chi connectivity index (χ3n) is 3.98. The second kappa shape index (κ2) is 7.81. The van der Waals surface area contributed by atoms with Gasteiger partial charge < -0.3 is 15.2 Å². The maximum absolute atomic E-state index is 12.7. The zero-order valence-corrected chi connectivity index (χ0v) is 15.1. The van der Waals surface area contributed by atoms with Gasteiger partial charge in [-0.3, -0.25) is 0 Å². The van der Waals surface area contributed by atoms with Crippen molar-refractivity contribution < 1.29 is 13.2 Å². The van der Waals surface area contributed by atoms with E-state index < -0.39 is 11.7 Å². The number of alkyl halides is 3. The van der Waals surface area contributed by atoms with Gasteiger partial charge in [-0.1, -0.05) is 19.1 Å². The topological polar surface area (TPSA) is 67.7 Å². The molecule has 0 spiro atoms. The number of halogens is 3. The monoisotopic (exact) mass is 378 g/mol. The van der Waals surface area contributed by atoms with Crippen LogP contribution in [0.25, 0.3) is 11.2 Å². The second-order valence-corrected chi connectivity index (χ2v) is 6.09. The van der Waals surface area contributed by atoms with Crippen molar-refractivity contribution in [3.05, 3.63) is 41.7 Å². The van der Waals surface area contributed by atoms with Crippen LogP contribution in [0, 0.1) is 0 Å². The smallest absolute Gasteiger partial charge is 0.368 e. The molecule has 0 aliphatic carbocycles. The molecule has 0 aliphatic rings. The minimum absolute atomic E-state index is 0.366. The lowest BCUT2D eigenvalue weighted by molar-refractivity contribution is -0.137. The minimum atomic E-state index is -4.34. The van der Waals surface area contributed by atoms with Crippen molar-refractivity contribution in [1.82, 2.24) is 19.5 Å². The van der Waals surface area contributed by atoms with E-state index in [-0.39, 0.29) is 0 Å². The number of benzene rings is 1. The average Bonchev–Trinajstić information content (AvgIpc) is 3.03. The largest absolute Gasteiger partial charge is 0.416 e. The number of rotatable bonds is 7. The molecule has 0 radical (unpaired) electrons. The van der Waals surface area contributed by atoms with Gasteiger partial charge in [0.25, 0.3) is 0 Å². The van der Waals surface area contributed by atoms with Gasteiger partial charge >= 0.3 is 6.18 Å². The number of anilines is 2. The van der Waals surface area contributed by atoms with Crippen molar-refractivity contribution in [2.75, 3.05) is 23.7 Å². The molecule has 144 valence electrons. The van der Waals surface area contributed by atoms with Gasteiger partial charge in [-0.25, -0.2) is 4.98 Å². The van der Waals surface area contributed by atoms with Crippen molar-refractivity contribution in [1.29, 1.82) is 0 Å². The van der Waals surface area contributed by atoms with Crippen LogP contribution in [-0.4, -0.2) is 32.6 Å². The first kappa shape index (κ1) is 18.9. The van der Waals surface area contributed by atoms with Crippen LogP contribution in [0.5, 0.6) is 0 Å². The predicted molar refractivity (Wildman–Crippen MR) is 98.8 cm³/mol. The molecule has 0 amide bonds. The van der Waals surface area contributed by atoms with E-state index in [0.717, 1.165) is 30.7 Å². The van der Waals surface area contributed by atoms with Gasteiger partial charge in [0.2, 0.25) is 5.95 Å². The van der Waals surface area contributed by atoms with Crippen molar-refractivity contribution in [3.8, 4) is 0 Å². The second-order valence-electron chi connectivity index (χ2n) is 6.09. The number of imidazole rings is 1. The Bertz CT molecular complexity index is 902. The molecule has 1 aromatic carbocycles. The van der Waals surface area contributed by atoms with Gasteiger partial charge in [0.1, 0.15) is 0 Å². The van der Waals surface area contributed by atoms with E-state index in [0.29, 0.717) is 36.0 Å². The highest BCUT2D eigenvalue weighted by atomic mass is 19.4. The Morgan fingerprint density at radius 1 is 1.04 bits per heavy atom. The zero-order chi connectivity index (χ0) is 19.4. The molecule has 0 atom stereocenters. The Balaban J connectivity index is 1.93. The number of aromatic nitrogens is 4. The Labute approximate surface area is 154 Å². The van der Waals surface area contributed by atoms with Crippen molar-refractivity contribution >= 4 is 22.9 Å². The fourth-order valence-electron chi connectivity index (χ4n) is 2.66. The summed E-state index contributed by atoms with van der Waals surface area (Å²) < 4.78 is 40.0. The zero-order valence-electron chi connectivity index (χ0n) is 15.1. The summed E-state index contributed by atoms with van der Waals surface area (Å²) in [6.07, 6.45) is -1.77.